The van der Waals surface area contributed by atoms with Crippen molar-refractivity contribution in [2.45, 2.75) is 6.54 Å². The average molecular weight is 267 g/mol. The zero-order chi connectivity index (χ0) is 10.7. The van der Waals surface area contributed by atoms with Crippen molar-refractivity contribution in [1.29, 1.82) is 0 Å². The Balaban J connectivity index is 2.02. The molecule has 0 atom stereocenters. The molecule has 0 saturated carbocycles. The third kappa shape index (κ3) is 2.56. The maximum absolute atomic E-state index is 4.28. The van der Waals surface area contributed by atoms with Crippen molar-refractivity contribution in [1.82, 2.24) is 14.8 Å². The summed E-state index contributed by atoms with van der Waals surface area (Å²) in [5.74, 6) is 0.852. The predicted molar refractivity (Wildman–Crippen MR) is 62.5 cm³/mol. The van der Waals surface area contributed by atoms with Crippen LogP contribution in [0.25, 0.3) is 0 Å². The van der Waals surface area contributed by atoms with Gasteiger partial charge in [0.1, 0.15) is 10.4 Å². The van der Waals surface area contributed by atoms with Crippen molar-refractivity contribution < 1.29 is 0 Å². The first-order valence-corrected chi connectivity index (χ1v) is 5.38. The van der Waals surface area contributed by atoms with Gasteiger partial charge in [0.15, 0.2) is 0 Å². The van der Waals surface area contributed by atoms with E-state index in [2.05, 4.69) is 31.3 Å². The van der Waals surface area contributed by atoms with Gasteiger partial charge in [-0.05, 0) is 34.1 Å². The fourth-order valence-electron chi connectivity index (χ4n) is 1.26. The van der Waals surface area contributed by atoms with Crippen molar-refractivity contribution in [3.8, 4) is 0 Å². The summed E-state index contributed by atoms with van der Waals surface area (Å²) in [6, 6.07) is 7.75. The largest absolute Gasteiger partial charge is 0.364 e. The van der Waals surface area contributed by atoms with Crippen LogP contribution in [-0.2, 0) is 13.6 Å². The molecule has 0 aliphatic rings. The number of aromatic nitrogens is 3. The SMILES string of the molecule is Cn1nccc1CNc1cccc(Br)n1. The van der Waals surface area contributed by atoms with E-state index in [-0.39, 0.29) is 0 Å². The van der Waals surface area contributed by atoms with Crippen molar-refractivity contribution in [2.24, 2.45) is 7.05 Å². The quantitative estimate of drug-likeness (QED) is 0.867. The molecule has 2 heterocycles. The van der Waals surface area contributed by atoms with Crippen LogP contribution in [0.3, 0.4) is 0 Å². The Labute approximate surface area is 96.5 Å². The van der Waals surface area contributed by atoms with E-state index >= 15 is 0 Å². The number of pyridine rings is 1. The van der Waals surface area contributed by atoms with E-state index in [1.165, 1.54) is 0 Å². The lowest BCUT2D eigenvalue weighted by molar-refractivity contribution is 0.720. The molecule has 0 aliphatic carbocycles. The van der Waals surface area contributed by atoms with Gasteiger partial charge in [0.2, 0.25) is 0 Å². The molecule has 2 aromatic heterocycles. The Morgan fingerprint density at radius 3 is 2.93 bits per heavy atom. The van der Waals surface area contributed by atoms with E-state index in [1.807, 2.05) is 36.0 Å². The molecule has 1 N–H and O–H groups in total. The first-order valence-electron chi connectivity index (χ1n) is 4.59. The molecular weight excluding hydrogens is 256 g/mol. The minimum atomic E-state index is 0.722. The van der Waals surface area contributed by atoms with Crippen molar-refractivity contribution >= 4 is 21.7 Å². The first kappa shape index (κ1) is 10.2. The summed E-state index contributed by atoms with van der Waals surface area (Å²) in [4.78, 5) is 4.28. The number of halogens is 1. The minimum absolute atomic E-state index is 0.722. The van der Waals surface area contributed by atoms with Crippen LogP contribution in [0.4, 0.5) is 5.82 Å². The van der Waals surface area contributed by atoms with Crippen LogP contribution in [-0.4, -0.2) is 14.8 Å². The van der Waals surface area contributed by atoms with Gasteiger partial charge in [-0.15, -0.1) is 0 Å². The molecule has 0 unspecified atom stereocenters. The van der Waals surface area contributed by atoms with E-state index in [4.69, 9.17) is 0 Å². The number of hydrogen-bond acceptors (Lipinski definition) is 3. The summed E-state index contributed by atoms with van der Waals surface area (Å²) >= 11 is 3.33. The third-order valence-corrected chi connectivity index (χ3v) is 2.53. The first-order chi connectivity index (χ1) is 7.25. The van der Waals surface area contributed by atoms with E-state index < -0.39 is 0 Å². The predicted octanol–water partition coefficient (Wildman–Crippen LogP) is 2.19. The molecule has 0 aliphatic heterocycles. The number of nitrogens with zero attached hydrogens (tertiary/aromatic N) is 3. The van der Waals surface area contributed by atoms with Crippen LogP contribution >= 0.6 is 15.9 Å². The Bertz CT molecular complexity index is 452. The minimum Gasteiger partial charge on any atom is -0.364 e. The molecule has 0 amide bonds. The summed E-state index contributed by atoms with van der Waals surface area (Å²) < 4.78 is 2.67. The zero-order valence-electron chi connectivity index (χ0n) is 8.31. The smallest absolute Gasteiger partial charge is 0.127 e. The topological polar surface area (TPSA) is 42.7 Å². The van der Waals surface area contributed by atoms with Crippen LogP contribution in [0.5, 0.6) is 0 Å². The second-order valence-electron chi connectivity index (χ2n) is 3.15. The number of nitrogens with one attached hydrogen (secondary N) is 1. The van der Waals surface area contributed by atoms with Gasteiger partial charge in [-0.3, -0.25) is 4.68 Å². The molecule has 0 aromatic carbocycles. The van der Waals surface area contributed by atoms with Gasteiger partial charge in [-0.2, -0.15) is 5.10 Å². The second-order valence-corrected chi connectivity index (χ2v) is 3.96. The normalized spacial score (nSPS) is 10.3. The maximum atomic E-state index is 4.28. The number of anilines is 1. The van der Waals surface area contributed by atoms with Gasteiger partial charge >= 0.3 is 0 Å². The Hall–Kier alpha value is -1.36. The van der Waals surface area contributed by atoms with E-state index in [0.717, 1.165) is 22.7 Å². The van der Waals surface area contributed by atoms with Crippen molar-refractivity contribution in [2.75, 3.05) is 5.32 Å². The molecule has 0 fully saturated rings. The lowest BCUT2D eigenvalue weighted by atomic mass is 10.4. The third-order valence-electron chi connectivity index (χ3n) is 2.09. The van der Waals surface area contributed by atoms with E-state index in [0.29, 0.717) is 0 Å². The van der Waals surface area contributed by atoms with E-state index in [9.17, 15) is 0 Å². The van der Waals surface area contributed by atoms with Crippen LogP contribution < -0.4 is 5.32 Å². The van der Waals surface area contributed by atoms with Crippen LogP contribution in [0.2, 0.25) is 0 Å². The summed E-state index contributed by atoms with van der Waals surface area (Å²) in [5.41, 5.74) is 1.12. The molecule has 78 valence electrons. The molecule has 0 saturated heterocycles. The van der Waals surface area contributed by atoms with Gasteiger partial charge < -0.3 is 5.32 Å². The Morgan fingerprint density at radius 2 is 2.27 bits per heavy atom. The van der Waals surface area contributed by atoms with Gasteiger partial charge in [0.05, 0.1) is 12.2 Å². The van der Waals surface area contributed by atoms with Crippen LogP contribution in [0.15, 0.2) is 35.1 Å². The molecule has 0 spiro atoms. The van der Waals surface area contributed by atoms with Gasteiger partial charge in [-0.1, -0.05) is 6.07 Å². The molecule has 2 aromatic rings. The standard InChI is InChI=1S/C10H11BrN4/c1-15-8(5-6-13-15)7-12-10-4-2-3-9(11)14-10/h2-6H,7H2,1H3,(H,12,14). The fourth-order valence-corrected chi connectivity index (χ4v) is 1.61. The monoisotopic (exact) mass is 266 g/mol. The highest BCUT2D eigenvalue weighted by atomic mass is 79.9. The molecule has 15 heavy (non-hydrogen) atoms. The highest BCUT2D eigenvalue weighted by Gasteiger charge is 1.99. The van der Waals surface area contributed by atoms with Crippen LogP contribution in [0, 0.1) is 0 Å². The lowest BCUT2D eigenvalue weighted by Crippen LogP contribution is -2.06. The zero-order valence-corrected chi connectivity index (χ0v) is 9.90. The summed E-state index contributed by atoms with van der Waals surface area (Å²) in [6.45, 7) is 0.722. The lowest BCUT2D eigenvalue weighted by Gasteiger charge is -2.05. The number of rotatable bonds is 3. The molecule has 0 bridgehead atoms. The van der Waals surface area contributed by atoms with Gasteiger partial charge in [0, 0.05) is 13.2 Å². The average Bonchev–Trinajstić information content (AvgIpc) is 2.61. The van der Waals surface area contributed by atoms with Crippen molar-refractivity contribution in [3.63, 3.8) is 0 Å². The molecule has 4 nitrogen and oxygen atoms in total. The molecule has 5 heteroatoms. The Kier molecular flexibility index (Phi) is 3.01. The highest BCUT2D eigenvalue weighted by Crippen LogP contribution is 2.10. The summed E-state index contributed by atoms with van der Waals surface area (Å²) in [6.07, 6.45) is 1.78. The highest BCUT2D eigenvalue weighted by molar-refractivity contribution is 9.10. The molecular formula is C10H11BrN4. The summed E-state index contributed by atoms with van der Waals surface area (Å²) in [7, 11) is 1.92. The van der Waals surface area contributed by atoms with Crippen LogP contribution in [0.1, 0.15) is 5.69 Å². The number of aryl methyl sites for hydroxylation is 1. The fraction of sp³-hybridized carbons (Fsp3) is 0.200. The second kappa shape index (κ2) is 4.44. The maximum Gasteiger partial charge on any atom is 0.127 e. The van der Waals surface area contributed by atoms with Gasteiger partial charge in [0.25, 0.3) is 0 Å². The molecule has 0 radical (unpaired) electrons. The van der Waals surface area contributed by atoms with Gasteiger partial charge in [-0.25, -0.2) is 4.98 Å². The van der Waals surface area contributed by atoms with E-state index in [1.54, 1.807) is 6.20 Å². The van der Waals surface area contributed by atoms with Crippen molar-refractivity contribution in [3.05, 3.63) is 40.8 Å². The molecule has 2 rings (SSSR count). The summed E-state index contributed by atoms with van der Waals surface area (Å²) in [5, 5.41) is 7.32. The Morgan fingerprint density at radius 1 is 1.40 bits per heavy atom. The number of hydrogen-bond donors (Lipinski definition) is 1.